The summed E-state index contributed by atoms with van der Waals surface area (Å²) in [5.74, 6) is -0.969. The first-order valence-corrected chi connectivity index (χ1v) is 8.72. The number of thiazole rings is 1. The van der Waals surface area contributed by atoms with E-state index >= 15 is 0 Å². The minimum absolute atomic E-state index is 0.0183. The van der Waals surface area contributed by atoms with Crippen molar-refractivity contribution in [2.75, 3.05) is 41.9 Å². The van der Waals surface area contributed by atoms with Crippen LogP contribution in [0.4, 0.5) is 23.0 Å². The molecule has 0 fully saturated rings. The standard InChI is InChI=1S/C14H19N9O4S/c1-2-9(26)21-22-12-17-11(20-14-16-7-8(28-14)10(15)27)18-13(19-12)23(3-5-24)4-6-25/h2,7,24-25H,1,3-6H2,(H2,15,27)(H,21,26)(H2,16,17,18,19,20,22). The molecule has 2 aromatic heterocycles. The molecule has 0 radical (unpaired) electrons. The lowest BCUT2D eigenvalue weighted by Crippen LogP contribution is -2.33. The third-order valence-corrected chi connectivity index (χ3v) is 4.02. The van der Waals surface area contributed by atoms with Gasteiger partial charge in [-0.3, -0.25) is 25.8 Å². The van der Waals surface area contributed by atoms with Crippen LogP contribution in [0.25, 0.3) is 0 Å². The molecule has 2 aromatic rings. The number of carbonyl (C=O) groups excluding carboxylic acids is 2. The van der Waals surface area contributed by atoms with Crippen molar-refractivity contribution >= 4 is 46.1 Å². The maximum atomic E-state index is 11.3. The Bertz CT molecular complexity index is 838. The SMILES string of the molecule is C=CC(=O)NNc1nc(Nc2ncc(C(N)=O)s2)nc(N(CCO)CCO)n1. The number of carbonyl (C=O) groups is 2. The van der Waals surface area contributed by atoms with E-state index in [9.17, 15) is 19.8 Å². The number of aliphatic hydroxyl groups excluding tert-OH is 2. The molecule has 0 saturated heterocycles. The molecular formula is C14H19N9O4S. The van der Waals surface area contributed by atoms with Crippen LogP contribution in [0.15, 0.2) is 18.9 Å². The number of nitrogens with two attached hydrogens (primary N) is 1. The molecule has 0 aliphatic carbocycles. The maximum absolute atomic E-state index is 11.3. The van der Waals surface area contributed by atoms with Crippen LogP contribution in [-0.4, -0.2) is 68.3 Å². The average Bonchev–Trinajstić information content (AvgIpc) is 3.14. The smallest absolute Gasteiger partial charge is 0.261 e. The molecule has 2 rings (SSSR count). The summed E-state index contributed by atoms with van der Waals surface area (Å²) in [7, 11) is 0. The van der Waals surface area contributed by atoms with Crippen LogP contribution in [0.2, 0.25) is 0 Å². The molecule has 0 aromatic carbocycles. The van der Waals surface area contributed by atoms with E-state index in [1.165, 1.54) is 11.1 Å². The molecule has 0 unspecified atom stereocenters. The average molecular weight is 409 g/mol. The number of rotatable bonds is 11. The number of aromatic nitrogens is 4. The number of nitrogens with zero attached hydrogens (tertiary/aromatic N) is 5. The van der Waals surface area contributed by atoms with E-state index < -0.39 is 11.8 Å². The molecule has 0 saturated carbocycles. The van der Waals surface area contributed by atoms with Crippen molar-refractivity contribution in [2.45, 2.75) is 0 Å². The summed E-state index contributed by atoms with van der Waals surface area (Å²) in [6.07, 6.45) is 2.36. The highest BCUT2D eigenvalue weighted by atomic mass is 32.1. The van der Waals surface area contributed by atoms with E-state index in [-0.39, 0.29) is 49.0 Å². The van der Waals surface area contributed by atoms with Crippen molar-refractivity contribution in [2.24, 2.45) is 5.73 Å². The van der Waals surface area contributed by atoms with Gasteiger partial charge in [-0.25, -0.2) is 4.98 Å². The van der Waals surface area contributed by atoms with Gasteiger partial charge in [0.15, 0.2) is 5.13 Å². The molecule has 0 aliphatic rings. The Morgan fingerprint density at radius 2 is 1.89 bits per heavy atom. The Labute approximate surface area is 163 Å². The van der Waals surface area contributed by atoms with Gasteiger partial charge < -0.3 is 20.8 Å². The van der Waals surface area contributed by atoms with Crippen LogP contribution in [0.1, 0.15) is 9.67 Å². The fourth-order valence-corrected chi connectivity index (χ4v) is 2.54. The fraction of sp³-hybridized carbons (Fsp3) is 0.286. The molecule has 13 nitrogen and oxygen atoms in total. The minimum atomic E-state index is -0.617. The Morgan fingerprint density at radius 1 is 1.21 bits per heavy atom. The second kappa shape index (κ2) is 10.1. The van der Waals surface area contributed by atoms with Crippen molar-refractivity contribution in [3.63, 3.8) is 0 Å². The van der Waals surface area contributed by atoms with Gasteiger partial charge in [0.05, 0.1) is 19.4 Å². The Morgan fingerprint density at radius 3 is 2.46 bits per heavy atom. The number of hydrogen-bond donors (Lipinski definition) is 6. The molecule has 0 aliphatic heterocycles. The molecule has 2 amide bonds. The van der Waals surface area contributed by atoms with Crippen LogP contribution in [0.5, 0.6) is 0 Å². The topological polar surface area (TPSA) is 192 Å². The van der Waals surface area contributed by atoms with Gasteiger partial charge in [-0.05, 0) is 6.08 Å². The molecule has 0 atom stereocenters. The predicted octanol–water partition coefficient (Wildman–Crippen LogP) is -1.41. The van der Waals surface area contributed by atoms with E-state index in [2.05, 4.69) is 42.7 Å². The Kier molecular flexibility index (Phi) is 7.55. The van der Waals surface area contributed by atoms with Gasteiger partial charge in [-0.1, -0.05) is 17.9 Å². The van der Waals surface area contributed by atoms with Crippen LogP contribution < -0.4 is 26.8 Å². The summed E-state index contributed by atoms with van der Waals surface area (Å²) < 4.78 is 0. The number of aliphatic hydroxyl groups is 2. The molecule has 2 heterocycles. The second-order valence-electron chi connectivity index (χ2n) is 5.05. The number of nitrogens with one attached hydrogen (secondary N) is 3. The molecule has 0 bridgehead atoms. The lowest BCUT2D eigenvalue weighted by atomic mass is 10.5. The summed E-state index contributed by atoms with van der Waals surface area (Å²) >= 11 is 1.00. The van der Waals surface area contributed by atoms with Crippen molar-refractivity contribution in [1.82, 2.24) is 25.4 Å². The molecule has 0 spiro atoms. The quantitative estimate of drug-likeness (QED) is 0.189. The number of anilines is 4. The fourth-order valence-electron chi connectivity index (χ4n) is 1.88. The maximum Gasteiger partial charge on any atom is 0.261 e. The first-order chi connectivity index (χ1) is 13.5. The minimum Gasteiger partial charge on any atom is -0.395 e. The van der Waals surface area contributed by atoms with Crippen LogP contribution in [0, 0.1) is 0 Å². The lowest BCUT2D eigenvalue weighted by Gasteiger charge is -2.21. The van der Waals surface area contributed by atoms with Gasteiger partial charge in [0.1, 0.15) is 4.88 Å². The van der Waals surface area contributed by atoms with Gasteiger partial charge in [-0.2, -0.15) is 15.0 Å². The molecule has 14 heteroatoms. The van der Waals surface area contributed by atoms with Crippen molar-refractivity contribution < 1.29 is 19.8 Å². The second-order valence-corrected chi connectivity index (χ2v) is 6.08. The monoisotopic (exact) mass is 409 g/mol. The third kappa shape index (κ3) is 5.83. The Hall–Kier alpha value is -3.36. The summed E-state index contributed by atoms with van der Waals surface area (Å²) in [4.78, 5) is 40.8. The van der Waals surface area contributed by atoms with Gasteiger partial charge in [0.25, 0.3) is 11.8 Å². The van der Waals surface area contributed by atoms with Crippen molar-refractivity contribution in [3.8, 4) is 0 Å². The van der Waals surface area contributed by atoms with E-state index in [0.717, 1.165) is 17.4 Å². The van der Waals surface area contributed by atoms with Crippen molar-refractivity contribution in [1.29, 1.82) is 0 Å². The van der Waals surface area contributed by atoms with E-state index in [1.807, 2.05) is 0 Å². The number of amides is 2. The first-order valence-electron chi connectivity index (χ1n) is 7.90. The van der Waals surface area contributed by atoms with E-state index in [4.69, 9.17) is 5.73 Å². The zero-order valence-corrected chi connectivity index (χ0v) is 15.4. The van der Waals surface area contributed by atoms with E-state index in [0.29, 0.717) is 5.13 Å². The summed E-state index contributed by atoms with van der Waals surface area (Å²) in [5.41, 5.74) is 10.0. The highest BCUT2D eigenvalue weighted by Crippen LogP contribution is 2.22. The predicted molar refractivity (Wildman–Crippen MR) is 102 cm³/mol. The Balaban J connectivity index is 2.32. The molecule has 28 heavy (non-hydrogen) atoms. The third-order valence-electron chi connectivity index (χ3n) is 3.10. The van der Waals surface area contributed by atoms with E-state index in [1.54, 1.807) is 0 Å². The number of primary amides is 1. The van der Waals surface area contributed by atoms with Gasteiger partial charge in [0, 0.05) is 13.1 Å². The highest BCUT2D eigenvalue weighted by molar-refractivity contribution is 7.17. The van der Waals surface area contributed by atoms with Crippen LogP contribution >= 0.6 is 11.3 Å². The van der Waals surface area contributed by atoms with Crippen LogP contribution in [-0.2, 0) is 4.79 Å². The molecule has 7 N–H and O–H groups in total. The highest BCUT2D eigenvalue weighted by Gasteiger charge is 2.15. The zero-order chi connectivity index (χ0) is 20.5. The summed E-state index contributed by atoms with van der Waals surface area (Å²) in [5, 5.41) is 21.6. The normalized spacial score (nSPS) is 10.2. The number of hydrogen-bond acceptors (Lipinski definition) is 12. The lowest BCUT2D eigenvalue weighted by molar-refractivity contribution is -0.116. The van der Waals surface area contributed by atoms with Gasteiger partial charge in [-0.15, -0.1) is 0 Å². The summed E-state index contributed by atoms with van der Waals surface area (Å²) in [6, 6.07) is 0. The van der Waals surface area contributed by atoms with Gasteiger partial charge in [0.2, 0.25) is 17.8 Å². The largest absolute Gasteiger partial charge is 0.395 e. The van der Waals surface area contributed by atoms with Crippen LogP contribution in [0.3, 0.4) is 0 Å². The molecular weight excluding hydrogens is 390 g/mol. The van der Waals surface area contributed by atoms with Gasteiger partial charge >= 0.3 is 0 Å². The van der Waals surface area contributed by atoms with Crippen molar-refractivity contribution in [3.05, 3.63) is 23.7 Å². The first kappa shape index (κ1) is 20.9. The zero-order valence-electron chi connectivity index (χ0n) is 14.6. The summed E-state index contributed by atoms with van der Waals surface area (Å²) in [6.45, 7) is 3.26. The number of hydrazine groups is 1. The molecule has 150 valence electrons.